The van der Waals surface area contributed by atoms with E-state index in [4.69, 9.17) is 10.8 Å². The highest BCUT2D eigenvalue weighted by Crippen LogP contribution is 2.24. The molecule has 1 rings (SSSR count). The number of aliphatic hydroxyl groups excluding tert-OH is 1. The maximum Gasteiger partial charge on any atom is 0.252 e. The van der Waals surface area contributed by atoms with Gasteiger partial charge in [-0.3, -0.25) is 4.79 Å². The molecule has 0 saturated carbocycles. The molecule has 1 aromatic rings. The summed E-state index contributed by atoms with van der Waals surface area (Å²) in [5.41, 5.74) is 6.79. The molecule has 0 aliphatic carbocycles. The number of anilines is 1. The fourth-order valence-electron chi connectivity index (χ4n) is 1.68. The Hall–Kier alpha value is -1.07. The van der Waals surface area contributed by atoms with Crippen molar-refractivity contribution in [3.05, 3.63) is 28.2 Å². The molecular formula is C13H19BrN2O2. The van der Waals surface area contributed by atoms with Crippen molar-refractivity contribution in [2.45, 2.75) is 26.3 Å². The van der Waals surface area contributed by atoms with Crippen LogP contribution in [0.25, 0.3) is 0 Å². The molecule has 4 N–H and O–H groups in total. The minimum atomic E-state index is -0.179. The molecule has 0 aliphatic heterocycles. The van der Waals surface area contributed by atoms with Gasteiger partial charge in [0.15, 0.2) is 0 Å². The molecule has 1 atom stereocenters. The van der Waals surface area contributed by atoms with E-state index in [1.54, 1.807) is 18.2 Å². The number of carbonyl (C=O) groups is 1. The lowest BCUT2D eigenvalue weighted by Gasteiger charge is -2.22. The summed E-state index contributed by atoms with van der Waals surface area (Å²) in [4.78, 5) is 12.1. The molecule has 1 amide bonds. The predicted octanol–water partition coefficient (Wildman–Crippen LogP) is 2.17. The molecule has 18 heavy (non-hydrogen) atoms. The average Bonchev–Trinajstić information content (AvgIpc) is 2.31. The molecule has 0 spiro atoms. The summed E-state index contributed by atoms with van der Waals surface area (Å²) in [6.07, 6.45) is 0.545. The summed E-state index contributed by atoms with van der Waals surface area (Å²) in [5, 5.41) is 11.9. The molecule has 1 aromatic carbocycles. The number of hydrogen-bond donors (Lipinski definition) is 3. The molecule has 0 heterocycles. The van der Waals surface area contributed by atoms with Gasteiger partial charge >= 0.3 is 0 Å². The molecule has 0 bridgehead atoms. The number of rotatable bonds is 5. The van der Waals surface area contributed by atoms with E-state index in [0.29, 0.717) is 22.1 Å². The monoisotopic (exact) mass is 314 g/mol. The lowest BCUT2D eigenvalue weighted by Crippen LogP contribution is -2.39. The van der Waals surface area contributed by atoms with Crippen LogP contribution in [0.2, 0.25) is 0 Å². The van der Waals surface area contributed by atoms with Crippen LogP contribution in [0.15, 0.2) is 22.7 Å². The van der Waals surface area contributed by atoms with E-state index in [2.05, 4.69) is 21.2 Å². The van der Waals surface area contributed by atoms with Crippen molar-refractivity contribution >= 4 is 27.5 Å². The van der Waals surface area contributed by atoms with Crippen molar-refractivity contribution in [2.24, 2.45) is 5.92 Å². The second-order valence-electron chi connectivity index (χ2n) is 4.55. The van der Waals surface area contributed by atoms with Crippen molar-refractivity contribution in [2.75, 3.05) is 12.3 Å². The molecular weight excluding hydrogens is 296 g/mol. The Labute approximate surface area is 116 Å². The molecule has 5 heteroatoms. The van der Waals surface area contributed by atoms with Crippen molar-refractivity contribution in [3.63, 3.8) is 0 Å². The van der Waals surface area contributed by atoms with E-state index in [1.807, 2.05) is 13.8 Å². The first-order valence-corrected chi connectivity index (χ1v) is 6.72. The van der Waals surface area contributed by atoms with Crippen LogP contribution in [0.1, 0.15) is 30.6 Å². The van der Waals surface area contributed by atoms with Gasteiger partial charge in [0.2, 0.25) is 0 Å². The van der Waals surface area contributed by atoms with Gasteiger partial charge in [0.05, 0.1) is 10.0 Å². The molecule has 0 aliphatic rings. The van der Waals surface area contributed by atoms with Gasteiger partial charge in [-0.05, 0) is 40.4 Å². The first-order valence-electron chi connectivity index (χ1n) is 5.93. The standard InChI is InChI=1S/C13H19BrN2O2/c1-8(2)11(6-7-17)16-13(18)9-4-3-5-10(15)12(9)14/h3-5,8,11,17H,6-7,15H2,1-2H3,(H,16,18). The minimum Gasteiger partial charge on any atom is -0.398 e. The van der Waals surface area contributed by atoms with Gasteiger partial charge in [-0.25, -0.2) is 0 Å². The first-order chi connectivity index (χ1) is 8.47. The van der Waals surface area contributed by atoms with E-state index in [0.717, 1.165) is 0 Å². The molecule has 0 saturated heterocycles. The van der Waals surface area contributed by atoms with Crippen LogP contribution >= 0.6 is 15.9 Å². The van der Waals surface area contributed by atoms with Crippen LogP contribution in [-0.4, -0.2) is 23.7 Å². The van der Waals surface area contributed by atoms with E-state index >= 15 is 0 Å². The Bertz CT molecular complexity index is 421. The second-order valence-corrected chi connectivity index (χ2v) is 5.34. The summed E-state index contributed by atoms with van der Waals surface area (Å²) >= 11 is 3.31. The molecule has 4 nitrogen and oxygen atoms in total. The Kier molecular flexibility index (Phi) is 5.62. The molecule has 0 aromatic heterocycles. The van der Waals surface area contributed by atoms with Crippen molar-refractivity contribution in [3.8, 4) is 0 Å². The summed E-state index contributed by atoms with van der Waals surface area (Å²) in [6.45, 7) is 4.07. The highest BCUT2D eigenvalue weighted by molar-refractivity contribution is 9.10. The van der Waals surface area contributed by atoms with E-state index in [1.165, 1.54) is 0 Å². The number of carbonyl (C=O) groups excluding carboxylic acids is 1. The van der Waals surface area contributed by atoms with Crippen molar-refractivity contribution in [1.82, 2.24) is 5.32 Å². The zero-order chi connectivity index (χ0) is 13.7. The fraction of sp³-hybridized carbons (Fsp3) is 0.462. The van der Waals surface area contributed by atoms with Crippen molar-refractivity contribution in [1.29, 1.82) is 0 Å². The van der Waals surface area contributed by atoms with Gasteiger partial charge < -0.3 is 16.2 Å². The summed E-state index contributed by atoms with van der Waals surface area (Å²) in [5.74, 6) is 0.0854. The summed E-state index contributed by atoms with van der Waals surface area (Å²) < 4.78 is 0.606. The fourth-order valence-corrected chi connectivity index (χ4v) is 2.13. The Morgan fingerprint density at radius 3 is 2.72 bits per heavy atom. The van der Waals surface area contributed by atoms with Gasteiger partial charge in [-0.2, -0.15) is 0 Å². The van der Waals surface area contributed by atoms with Crippen LogP contribution in [0.3, 0.4) is 0 Å². The Balaban J connectivity index is 2.84. The highest BCUT2D eigenvalue weighted by atomic mass is 79.9. The minimum absolute atomic E-state index is 0.0455. The van der Waals surface area contributed by atoms with Gasteiger partial charge in [-0.15, -0.1) is 0 Å². The number of hydrogen-bond acceptors (Lipinski definition) is 3. The maximum atomic E-state index is 12.1. The topological polar surface area (TPSA) is 75.3 Å². The third-order valence-electron chi connectivity index (χ3n) is 2.83. The SMILES string of the molecule is CC(C)C(CCO)NC(=O)c1cccc(N)c1Br. The number of aliphatic hydroxyl groups is 1. The normalized spacial score (nSPS) is 12.5. The maximum absolute atomic E-state index is 12.1. The Morgan fingerprint density at radius 2 is 2.17 bits per heavy atom. The second kappa shape index (κ2) is 6.75. The highest BCUT2D eigenvalue weighted by Gasteiger charge is 2.18. The van der Waals surface area contributed by atoms with Crippen LogP contribution in [-0.2, 0) is 0 Å². The zero-order valence-electron chi connectivity index (χ0n) is 10.6. The Morgan fingerprint density at radius 1 is 1.50 bits per heavy atom. The largest absolute Gasteiger partial charge is 0.398 e. The van der Waals surface area contributed by atoms with Gasteiger partial charge in [0, 0.05) is 18.3 Å². The first kappa shape index (κ1) is 15.0. The zero-order valence-corrected chi connectivity index (χ0v) is 12.2. The van der Waals surface area contributed by atoms with Crippen LogP contribution in [0.4, 0.5) is 5.69 Å². The summed E-state index contributed by atoms with van der Waals surface area (Å²) in [7, 11) is 0. The quantitative estimate of drug-likeness (QED) is 0.729. The number of halogens is 1. The van der Waals surface area contributed by atoms with Crippen LogP contribution < -0.4 is 11.1 Å². The number of nitrogens with two attached hydrogens (primary N) is 1. The van der Waals surface area contributed by atoms with E-state index < -0.39 is 0 Å². The van der Waals surface area contributed by atoms with Crippen LogP contribution in [0, 0.1) is 5.92 Å². The molecule has 100 valence electrons. The third kappa shape index (κ3) is 3.71. The van der Waals surface area contributed by atoms with Gasteiger partial charge in [-0.1, -0.05) is 19.9 Å². The lowest BCUT2D eigenvalue weighted by molar-refractivity contribution is 0.0916. The van der Waals surface area contributed by atoms with Gasteiger partial charge in [0.25, 0.3) is 5.91 Å². The number of nitrogen functional groups attached to an aromatic ring is 1. The number of nitrogens with one attached hydrogen (secondary N) is 1. The molecule has 0 radical (unpaired) electrons. The third-order valence-corrected chi connectivity index (χ3v) is 3.72. The number of benzene rings is 1. The smallest absolute Gasteiger partial charge is 0.252 e. The molecule has 1 unspecified atom stereocenters. The summed E-state index contributed by atoms with van der Waals surface area (Å²) in [6, 6.07) is 5.14. The van der Waals surface area contributed by atoms with Crippen molar-refractivity contribution < 1.29 is 9.90 Å². The van der Waals surface area contributed by atoms with Gasteiger partial charge in [0.1, 0.15) is 0 Å². The lowest BCUT2D eigenvalue weighted by atomic mass is 10.0. The molecule has 0 fully saturated rings. The average molecular weight is 315 g/mol. The van der Waals surface area contributed by atoms with E-state index in [9.17, 15) is 4.79 Å². The van der Waals surface area contributed by atoms with E-state index in [-0.39, 0.29) is 24.5 Å². The van der Waals surface area contributed by atoms with Crippen LogP contribution in [0.5, 0.6) is 0 Å². The predicted molar refractivity (Wildman–Crippen MR) is 76.3 cm³/mol. The number of amides is 1.